The Labute approximate surface area is 115 Å². The fourth-order valence-electron chi connectivity index (χ4n) is 2.10. The van der Waals surface area contributed by atoms with Crippen molar-refractivity contribution in [3.8, 4) is 6.07 Å². The Balaban J connectivity index is 1.96. The molecule has 18 heavy (non-hydrogen) atoms. The number of nitriles is 1. The van der Waals surface area contributed by atoms with Gasteiger partial charge in [0.05, 0.1) is 17.3 Å². The standard InChI is InChI=1S/C13H14BrN3O/c14-11-7-9(8-15)5-6-12(11)17-13(18)16-10-3-1-2-4-10/h5-7,10H,1-4H2,(H2,16,17,18). The van der Waals surface area contributed by atoms with E-state index in [1.165, 1.54) is 12.8 Å². The Hall–Kier alpha value is -1.54. The molecule has 0 atom stereocenters. The van der Waals surface area contributed by atoms with E-state index >= 15 is 0 Å². The lowest BCUT2D eigenvalue weighted by molar-refractivity contribution is 0.248. The van der Waals surface area contributed by atoms with E-state index in [1.807, 2.05) is 6.07 Å². The second kappa shape index (κ2) is 5.87. The van der Waals surface area contributed by atoms with Gasteiger partial charge in [-0.3, -0.25) is 0 Å². The SMILES string of the molecule is N#Cc1ccc(NC(=O)NC2CCCC2)c(Br)c1. The molecule has 0 aromatic heterocycles. The molecule has 1 aromatic rings. The number of carbonyl (C=O) groups is 1. The van der Waals surface area contributed by atoms with Crippen LogP contribution in [0.4, 0.5) is 10.5 Å². The Morgan fingerprint density at radius 1 is 1.39 bits per heavy atom. The van der Waals surface area contributed by atoms with Crippen molar-refractivity contribution in [2.24, 2.45) is 0 Å². The van der Waals surface area contributed by atoms with Crippen molar-refractivity contribution >= 4 is 27.6 Å². The highest BCUT2D eigenvalue weighted by Gasteiger charge is 2.17. The summed E-state index contributed by atoms with van der Waals surface area (Å²) in [6, 6.07) is 7.24. The highest BCUT2D eigenvalue weighted by atomic mass is 79.9. The maximum Gasteiger partial charge on any atom is 0.319 e. The van der Waals surface area contributed by atoms with Gasteiger partial charge in [-0.25, -0.2) is 4.79 Å². The number of amides is 2. The average molecular weight is 308 g/mol. The van der Waals surface area contributed by atoms with Crippen molar-refractivity contribution in [1.82, 2.24) is 5.32 Å². The van der Waals surface area contributed by atoms with Crippen molar-refractivity contribution in [2.45, 2.75) is 31.7 Å². The molecule has 0 spiro atoms. The number of nitrogens with one attached hydrogen (secondary N) is 2. The zero-order chi connectivity index (χ0) is 13.0. The van der Waals surface area contributed by atoms with Crippen LogP contribution < -0.4 is 10.6 Å². The summed E-state index contributed by atoms with van der Waals surface area (Å²) in [6.07, 6.45) is 4.49. The van der Waals surface area contributed by atoms with E-state index in [4.69, 9.17) is 5.26 Å². The molecule has 1 saturated carbocycles. The molecule has 1 aromatic carbocycles. The number of halogens is 1. The van der Waals surface area contributed by atoms with Gasteiger partial charge in [0.2, 0.25) is 0 Å². The lowest BCUT2D eigenvalue weighted by atomic mass is 10.2. The molecule has 1 aliphatic carbocycles. The van der Waals surface area contributed by atoms with Crippen LogP contribution in [0.1, 0.15) is 31.2 Å². The lowest BCUT2D eigenvalue weighted by Gasteiger charge is -2.13. The fraction of sp³-hybridized carbons (Fsp3) is 0.385. The smallest absolute Gasteiger partial charge is 0.319 e. The fourth-order valence-corrected chi connectivity index (χ4v) is 2.58. The van der Waals surface area contributed by atoms with Crippen LogP contribution in [0.15, 0.2) is 22.7 Å². The number of anilines is 1. The third-order valence-electron chi connectivity index (χ3n) is 3.04. The Bertz CT molecular complexity index is 489. The van der Waals surface area contributed by atoms with E-state index in [-0.39, 0.29) is 6.03 Å². The number of urea groups is 1. The molecule has 2 amide bonds. The van der Waals surface area contributed by atoms with Crippen LogP contribution in [-0.2, 0) is 0 Å². The van der Waals surface area contributed by atoms with Crippen LogP contribution in [0.5, 0.6) is 0 Å². The van der Waals surface area contributed by atoms with E-state index in [1.54, 1.807) is 18.2 Å². The molecule has 5 heteroatoms. The molecule has 1 fully saturated rings. The van der Waals surface area contributed by atoms with Crippen molar-refractivity contribution in [1.29, 1.82) is 5.26 Å². The number of rotatable bonds is 2. The molecular weight excluding hydrogens is 294 g/mol. The predicted molar refractivity (Wildman–Crippen MR) is 73.3 cm³/mol. The minimum absolute atomic E-state index is 0.188. The summed E-state index contributed by atoms with van der Waals surface area (Å²) in [5, 5.41) is 14.5. The van der Waals surface area contributed by atoms with E-state index in [0.29, 0.717) is 21.8 Å². The molecule has 0 saturated heterocycles. The molecule has 0 aliphatic heterocycles. The Kier molecular flexibility index (Phi) is 4.21. The highest BCUT2D eigenvalue weighted by molar-refractivity contribution is 9.10. The average Bonchev–Trinajstić information content (AvgIpc) is 2.84. The van der Waals surface area contributed by atoms with Gasteiger partial charge in [0.25, 0.3) is 0 Å². The van der Waals surface area contributed by atoms with Gasteiger partial charge in [-0.15, -0.1) is 0 Å². The van der Waals surface area contributed by atoms with Crippen LogP contribution in [0, 0.1) is 11.3 Å². The topological polar surface area (TPSA) is 64.9 Å². The summed E-state index contributed by atoms with van der Waals surface area (Å²) in [6.45, 7) is 0. The largest absolute Gasteiger partial charge is 0.335 e. The summed E-state index contributed by atoms with van der Waals surface area (Å²) in [4.78, 5) is 11.8. The Morgan fingerprint density at radius 3 is 2.72 bits per heavy atom. The zero-order valence-electron chi connectivity index (χ0n) is 9.87. The molecule has 0 heterocycles. The number of carbonyl (C=O) groups excluding carboxylic acids is 1. The molecule has 0 unspecified atom stereocenters. The first-order valence-electron chi connectivity index (χ1n) is 5.96. The maximum absolute atomic E-state index is 11.8. The van der Waals surface area contributed by atoms with Crippen molar-refractivity contribution in [3.05, 3.63) is 28.2 Å². The summed E-state index contributed by atoms with van der Waals surface area (Å²) in [5.41, 5.74) is 1.23. The minimum atomic E-state index is -0.188. The normalized spacial score (nSPS) is 15.1. The predicted octanol–water partition coefficient (Wildman–Crippen LogP) is 3.38. The number of hydrogen-bond acceptors (Lipinski definition) is 2. The van der Waals surface area contributed by atoms with E-state index in [0.717, 1.165) is 12.8 Å². The van der Waals surface area contributed by atoms with Gasteiger partial charge in [0.1, 0.15) is 0 Å². The maximum atomic E-state index is 11.8. The van der Waals surface area contributed by atoms with Crippen molar-refractivity contribution in [3.63, 3.8) is 0 Å². The van der Waals surface area contributed by atoms with Crippen LogP contribution >= 0.6 is 15.9 Å². The summed E-state index contributed by atoms with van der Waals surface area (Å²) >= 11 is 3.34. The third-order valence-corrected chi connectivity index (χ3v) is 3.69. The summed E-state index contributed by atoms with van der Waals surface area (Å²) in [7, 11) is 0. The van der Waals surface area contributed by atoms with Gasteiger partial charge in [0, 0.05) is 10.5 Å². The van der Waals surface area contributed by atoms with Gasteiger partial charge in [-0.1, -0.05) is 12.8 Å². The number of hydrogen-bond donors (Lipinski definition) is 2. The molecule has 4 nitrogen and oxygen atoms in total. The van der Waals surface area contributed by atoms with Gasteiger partial charge >= 0.3 is 6.03 Å². The second-order valence-electron chi connectivity index (χ2n) is 4.39. The van der Waals surface area contributed by atoms with Crippen molar-refractivity contribution in [2.75, 3.05) is 5.32 Å². The van der Waals surface area contributed by atoms with E-state index < -0.39 is 0 Å². The lowest BCUT2D eigenvalue weighted by Crippen LogP contribution is -2.36. The molecule has 0 radical (unpaired) electrons. The number of benzene rings is 1. The van der Waals surface area contributed by atoms with E-state index in [2.05, 4.69) is 26.6 Å². The van der Waals surface area contributed by atoms with Gasteiger partial charge < -0.3 is 10.6 Å². The Morgan fingerprint density at radius 2 is 2.11 bits per heavy atom. The quantitative estimate of drug-likeness (QED) is 0.879. The van der Waals surface area contributed by atoms with Gasteiger partial charge in [-0.05, 0) is 47.0 Å². The molecule has 94 valence electrons. The zero-order valence-corrected chi connectivity index (χ0v) is 11.5. The number of nitrogens with zero attached hydrogens (tertiary/aromatic N) is 1. The highest BCUT2D eigenvalue weighted by Crippen LogP contribution is 2.23. The molecule has 0 bridgehead atoms. The van der Waals surface area contributed by atoms with E-state index in [9.17, 15) is 4.79 Å². The molecular formula is C13H14BrN3O. The van der Waals surface area contributed by atoms with Crippen LogP contribution in [0.3, 0.4) is 0 Å². The van der Waals surface area contributed by atoms with Crippen LogP contribution in [-0.4, -0.2) is 12.1 Å². The summed E-state index contributed by atoms with van der Waals surface area (Å²) in [5.74, 6) is 0. The summed E-state index contributed by atoms with van der Waals surface area (Å²) < 4.78 is 0.711. The first-order valence-corrected chi connectivity index (χ1v) is 6.75. The first kappa shape index (κ1) is 12.9. The van der Waals surface area contributed by atoms with Crippen molar-refractivity contribution < 1.29 is 4.79 Å². The monoisotopic (exact) mass is 307 g/mol. The van der Waals surface area contributed by atoms with Gasteiger partial charge in [-0.2, -0.15) is 5.26 Å². The molecule has 2 N–H and O–H groups in total. The molecule has 1 aliphatic rings. The van der Waals surface area contributed by atoms with Crippen LogP contribution in [0.25, 0.3) is 0 Å². The third kappa shape index (κ3) is 3.23. The van der Waals surface area contributed by atoms with Crippen LogP contribution in [0.2, 0.25) is 0 Å². The minimum Gasteiger partial charge on any atom is -0.335 e. The first-order chi connectivity index (χ1) is 8.69. The molecule has 2 rings (SSSR count). The second-order valence-corrected chi connectivity index (χ2v) is 5.24. The van der Waals surface area contributed by atoms with Gasteiger partial charge in [0.15, 0.2) is 0 Å².